The van der Waals surface area contributed by atoms with Crippen molar-refractivity contribution in [1.29, 1.82) is 5.26 Å². The summed E-state index contributed by atoms with van der Waals surface area (Å²) in [5.41, 5.74) is -0.180. The molecule has 5 nitrogen and oxygen atoms in total. The zero-order chi connectivity index (χ0) is 13.0. The first kappa shape index (κ1) is 13.1. The summed E-state index contributed by atoms with van der Waals surface area (Å²) in [5.74, 6) is -2.00. The normalized spacial score (nSPS) is 13.8. The van der Waals surface area contributed by atoms with Crippen LogP contribution in [-0.2, 0) is 4.79 Å². The highest BCUT2D eigenvalue weighted by molar-refractivity contribution is 5.67. The number of rotatable bonds is 4. The first-order valence-electron chi connectivity index (χ1n) is 4.73. The fraction of sp³-hybridized carbons (Fsp3) is 0.273. The highest BCUT2D eigenvalue weighted by atomic mass is 19.1. The summed E-state index contributed by atoms with van der Waals surface area (Å²) in [6.07, 6.45) is -3.62. The number of halogens is 1. The van der Waals surface area contributed by atoms with E-state index >= 15 is 0 Å². The Morgan fingerprint density at radius 1 is 1.47 bits per heavy atom. The molecule has 2 unspecified atom stereocenters. The molecular weight excluding hydrogens is 229 g/mol. The van der Waals surface area contributed by atoms with Gasteiger partial charge in [-0.3, -0.25) is 4.79 Å². The van der Waals surface area contributed by atoms with Crippen LogP contribution in [0, 0.1) is 17.1 Å². The van der Waals surface area contributed by atoms with Gasteiger partial charge in [-0.15, -0.1) is 0 Å². The second kappa shape index (κ2) is 5.39. The van der Waals surface area contributed by atoms with Crippen LogP contribution in [0.5, 0.6) is 0 Å². The Kier molecular flexibility index (Phi) is 4.15. The molecule has 0 aliphatic heterocycles. The van der Waals surface area contributed by atoms with Crippen LogP contribution in [0.2, 0.25) is 0 Å². The molecular formula is C11H10FNO4. The zero-order valence-electron chi connectivity index (χ0n) is 8.67. The maximum atomic E-state index is 13.0. The Bertz CT molecular complexity index is 469. The van der Waals surface area contributed by atoms with E-state index in [1.54, 1.807) is 6.07 Å². The third-order valence-corrected chi connectivity index (χ3v) is 2.20. The molecule has 0 aliphatic rings. The number of carbonyl (C=O) groups is 1. The van der Waals surface area contributed by atoms with Crippen molar-refractivity contribution < 1.29 is 24.5 Å². The van der Waals surface area contributed by atoms with Gasteiger partial charge in [0.15, 0.2) is 0 Å². The topological polar surface area (TPSA) is 102 Å². The van der Waals surface area contributed by atoms with Crippen molar-refractivity contribution in [2.24, 2.45) is 0 Å². The number of hydrogen-bond donors (Lipinski definition) is 3. The van der Waals surface area contributed by atoms with Crippen molar-refractivity contribution in [3.8, 4) is 6.07 Å². The van der Waals surface area contributed by atoms with E-state index in [-0.39, 0.29) is 11.1 Å². The van der Waals surface area contributed by atoms with Gasteiger partial charge >= 0.3 is 5.97 Å². The molecule has 1 aromatic carbocycles. The van der Waals surface area contributed by atoms with E-state index in [0.29, 0.717) is 0 Å². The fourth-order valence-corrected chi connectivity index (χ4v) is 1.33. The third kappa shape index (κ3) is 3.24. The number of benzene rings is 1. The molecule has 0 heterocycles. The van der Waals surface area contributed by atoms with E-state index in [1.165, 1.54) is 6.07 Å². The lowest BCUT2D eigenvalue weighted by molar-refractivity contribution is -0.141. The molecule has 0 aliphatic carbocycles. The minimum Gasteiger partial charge on any atom is -0.481 e. The molecule has 3 N–H and O–H groups in total. The molecule has 0 fully saturated rings. The summed E-state index contributed by atoms with van der Waals surface area (Å²) in [4.78, 5) is 10.3. The van der Waals surface area contributed by atoms with Crippen LogP contribution in [0.1, 0.15) is 23.7 Å². The number of carboxylic acid groups (broad SMARTS) is 1. The van der Waals surface area contributed by atoms with E-state index in [0.717, 1.165) is 12.1 Å². The molecule has 0 aromatic heterocycles. The van der Waals surface area contributed by atoms with Crippen LogP contribution < -0.4 is 0 Å². The standard InChI is InChI=1S/C11H10FNO4/c12-8-2-1-6(3-7(8)5-13)11(17)9(14)4-10(15)16/h1-3,9,11,14,17H,4H2,(H,15,16). The Hall–Kier alpha value is -1.97. The van der Waals surface area contributed by atoms with Gasteiger partial charge in [0.2, 0.25) is 0 Å². The first-order chi connectivity index (χ1) is 7.95. The molecule has 0 radical (unpaired) electrons. The average molecular weight is 239 g/mol. The minimum atomic E-state index is -1.51. The number of nitrogens with zero attached hydrogens (tertiary/aromatic N) is 1. The van der Waals surface area contributed by atoms with Crippen molar-refractivity contribution >= 4 is 5.97 Å². The first-order valence-corrected chi connectivity index (χ1v) is 4.73. The predicted octanol–water partition coefficient (Wildman–Crippen LogP) is 0.566. The molecule has 6 heteroatoms. The highest BCUT2D eigenvalue weighted by Crippen LogP contribution is 2.21. The van der Waals surface area contributed by atoms with E-state index in [4.69, 9.17) is 10.4 Å². The Morgan fingerprint density at radius 2 is 2.12 bits per heavy atom. The summed E-state index contributed by atoms with van der Waals surface area (Å²) >= 11 is 0. The second-order valence-electron chi connectivity index (χ2n) is 3.46. The van der Waals surface area contributed by atoms with Crippen LogP contribution >= 0.6 is 0 Å². The minimum absolute atomic E-state index is 0.0942. The van der Waals surface area contributed by atoms with Crippen molar-refractivity contribution in [2.75, 3.05) is 0 Å². The van der Waals surface area contributed by atoms with Gasteiger partial charge < -0.3 is 15.3 Å². The summed E-state index contributed by atoms with van der Waals surface area (Å²) in [7, 11) is 0. The Morgan fingerprint density at radius 3 is 2.65 bits per heavy atom. The van der Waals surface area contributed by atoms with Gasteiger partial charge in [0.1, 0.15) is 18.0 Å². The summed E-state index contributed by atoms with van der Waals surface area (Å²) in [5, 5.41) is 36.0. The second-order valence-corrected chi connectivity index (χ2v) is 3.46. The molecule has 0 spiro atoms. The number of nitriles is 1. The van der Waals surface area contributed by atoms with Crippen molar-refractivity contribution in [2.45, 2.75) is 18.6 Å². The molecule has 0 bridgehead atoms. The Balaban J connectivity index is 2.93. The average Bonchev–Trinajstić information content (AvgIpc) is 2.27. The monoisotopic (exact) mass is 239 g/mol. The number of aliphatic hydroxyl groups is 2. The number of carboxylic acids is 1. The molecule has 0 saturated heterocycles. The third-order valence-electron chi connectivity index (χ3n) is 2.20. The van der Waals surface area contributed by atoms with Crippen LogP contribution in [0.25, 0.3) is 0 Å². The van der Waals surface area contributed by atoms with Gasteiger partial charge in [0.05, 0.1) is 18.1 Å². The predicted molar refractivity (Wildman–Crippen MR) is 54.3 cm³/mol. The molecule has 90 valence electrons. The molecule has 0 saturated carbocycles. The van der Waals surface area contributed by atoms with Gasteiger partial charge in [-0.1, -0.05) is 6.07 Å². The molecule has 0 amide bonds. The quantitative estimate of drug-likeness (QED) is 0.712. The lowest BCUT2D eigenvalue weighted by atomic mass is 10.0. The van der Waals surface area contributed by atoms with Crippen molar-refractivity contribution in [3.05, 3.63) is 35.1 Å². The van der Waals surface area contributed by atoms with Gasteiger partial charge in [-0.25, -0.2) is 4.39 Å². The number of aliphatic carboxylic acids is 1. The van der Waals surface area contributed by atoms with Gasteiger partial charge in [0.25, 0.3) is 0 Å². The lowest BCUT2D eigenvalue weighted by Crippen LogP contribution is -2.21. The largest absolute Gasteiger partial charge is 0.481 e. The van der Waals surface area contributed by atoms with Crippen molar-refractivity contribution in [3.63, 3.8) is 0 Å². The van der Waals surface area contributed by atoms with Crippen LogP contribution in [0.3, 0.4) is 0 Å². The zero-order valence-corrected chi connectivity index (χ0v) is 8.67. The molecule has 2 atom stereocenters. The molecule has 1 aromatic rings. The summed E-state index contributed by atoms with van der Waals surface area (Å²) < 4.78 is 13.0. The fourth-order valence-electron chi connectivity index (χ4n) is 1.33. The summed E-state index contributed by atoms with van der Waals surface area (Å²) in [6, 6.07) is 4.82. The van der Waals surface area contributed by atoms with E-state index < -0.39 is 30.4 Å². The maximum absolute atomic E-state index is 13.0. The maximum Gasteiger partial charge on any atom is 0.306 e. The number of aliphatic hydroxyl groups excluding tert-OH is 2. The van der Waals surface area contributed by atoms with Gasteiger partial charge in [-0.2, -0.15) is 5.26 Å². The SMILES string of the molecule is N#Cc1cc(C(O)C(O)CC(=O)O)ccc1F. The van der Waals surface area contributed by atoms with Crippen LogP contribution in [-0.4, -0.2) is 27.4 Å². The van der Waals surface area contributed by atoms with E-state index in [2.05, 4.69) is 0 Å². The van der Waals surface area contributed by atoms with Crippen LogP contribution in [0.15, 0.2) is 18.2 Å². The Labute approximate surface area is 96.4 Å². The lowest BCUT2D eigenvalue weighted by Gasteiger charge is -2.16. The number of hydrogen-bond acceptors (Lipinski definition) is 4. The molecule has 1 rings (SSSR count). The van der Waals surface area contributed by atoms with Crippen LogP contribution in [0.4, 0.5) is 4.39 Å². The van der Waals surface area contributed by atoms with E-state index in [9.17, 15) is 19.4 Å². The highest BCUT2D eigenvalue weighted by Gasteiger charge is 2.21. The smallest absolute Gasteiger partial charge is 0.306 e. The summed E-state index contributed by atoms with van der Waals surface area (Å²) in [6.45, 7) is 0. The van der Waals surface area contributed by atoms with Gasteiger partial charge in [-0.05, 0) is 17.7 Å². The van der Waals surface area contributed by atoms with Gasteiger partial charge in [0, 0.05) is 0 Å². The van der Waals surface area contributed by atoms with Crippen molar-refractivity contribution in [1.82, 2.24) is 0 Å². The molecule has 17 heavy (non-hydrogen) atoms. The van der Waals surface area contributed by atoms with E-state index in [1.807, 2.05) is 0 Å².